The predicted octanol–water partition coefficient (Wildman–Crippen LogP) is 2.29. The van der Waals surface area contributed by atoms with Crippen molar-refractivity contribution in [2.75, 3.05) is 7.11 Å². The molecule has 1 aromatic heterocycles. The third-order valence-electron chi connectivity index (χ3n) is 2.65. The summed E-state index contributed by atoms with van der Waals surface area (Å²) < 4.78 is 7.04. The number of aryl methyl sites for hydroxylation is 1. The Morgan fingerprint density at radius 2 is 2.06 bits per heavy atom. The maximum atomic E-state index is 10.7. The molecule has 0 amide bonds. The van der Waals surface area contributed by atoms with E-state index in [1.54, 1.807) is 18.6 Å². The minimum Gasteiger partial charge on any atom is -0.358 e. The van der Waals surface area contributed by atoms with Gasteiger partial charge in [-0.25, -0.2) is 0 Å². The highest BCUT2D eigenvalue weighted by Crippen LogP contribution is 2.23. The first-order valence-corrected chi connectivity index (χ1v) is 5.41. The van der Waals surface area contributed by atoms with Gasteiger partial charge in [0, 0.05) is 19.6 Å². The lowest BCUT2D eigenvalue weighted by atomic mass is 10.2. The molecule has 0 saturated carbocycles. The zero-order chi connectivity index (χ0) is 13.1. The molecule has 6 heteroatoms. The van der Waals surface area contributed by atoms with E-state index in [9.17, 15) is 10.1 Å². The second-order valence-corrected chi connectivity index (χ2v) is 3.81. The molecule has 6 nitrogen and oxygen atoms in total. The van der Waals surface area contributed by atoms with Crippen LogP contribution in [0, 0.1) is 17.0 Å². The van der Waals surface area contributed by atoms with Crippen LogP contribution in [0.3, 0.4) is 0 Å². The fourth-order valence-corrected chi connectivity index (χ4v) is 1.82. The number of hydrogen-bond acceptors (Lipinski definition) is 4. The Morgan fingerprint density at radius 3 is 2.56 bits per heavy atom. The van der Waals surface area contributed by atoms with Crippen LogP contribution in [0.1, 0.15) is 17.6 Å². The van der Waals surface area contributed by atoms with Gasteiger partial charge in [-0.1, -0.05) is 30.3 Å². The molecule has 1 unspecified atom stereocenters. The molecule has 94 valence electrons. The molecule has 0 bridgehead atoms. The zero-order valence-electron chi connectivity index (χ0n) is 10.1. The van der Waals surface area contributed by atoms with Crippen molar-refractivity contribution in [1.29, 1.82) is 0 Å². The largest absolute Gasteiger partial charge is 0.381 e. The van der Waals surface area contributed by atoms with Crippen molar-refractivity contribution in [2.45, 2.75) is 13.2 Å². The van der Waals surface area contributed by atoms with Gasteiger partial charge in [-0.15, -0.1) is 0 Å². The molecule has 0 saturated heterocycles. The Labute approximate surface area is 104 Å². The van der Waals surface area contributed by atoms with E-state index < -0.39 is 11.2 Å². The number of benzene rings is 1. The third kappa shape index (κ3) is 2.23. The molecule has 1 atom stereocenters. The van der Waals surface area contributed by atoms with Gasteiger partial charge in [0.1, 0.15) is 6.20 Å². The van der Waals surface area contributed by atoms with Crippen LogP contribution in [0.15, 0.2) is 36.5 Å². The third-order valence-corrected chi connectivity index (χ3v) is 2.65. The van der Waals surface area contributed by atoms with E-state index in [1.807, 2.05) is 30.3 Å². The monoisotopic (exact) mass is 247 g/mol. The summed E-state index contributed by atoms with van der Waals surface area (Å²) in [4.78, 5) is 14.1. The number of rotatable bonds is 4. The highest BCUT2D eigenvalue weighted by Gasteiger charge is 2.22. The molecular formula is C12H13N3O3. The van der Waals surface area contributed by atoms with Crippen molar-refractivity contribution < 1.29 is 9.66 Å². The minimum absolute atomic E-state index is 0.175. The van der Waals surface area contributed by atoms with Gasteiger partial charge in [0.25, 0.3) is 0 Å². The molecule has 0 radical (unpaired) electrons. The van der Waals surface area contributed by atoms with E-state index in [0.29, 0.717) is 5.82 Å². The minimum atomic E-state index is -0.513. The maximum Gasteiger partial charge on any atom is 0.381 e. The van der Waals surface area contributed by atoms with Crippen LogP contribution in [0.2, 0.25) is 0 Å². The number of nitro groups is 1. The van der Waals surface area contributed by atoms with Gasteiger partial charge in [0.05, 0.1) is 0 Å². The first kappa shape index (κ1) is 12.3. The van der Waals surface area contributed by atoms with Crippen LogP contribution in [0.4, 0.5) is 5.82 Å². The summed E-state index contributed by atoms with van der Waals surface area (Å²) in [5.41, 5.74) is 0.912. The van der Waals surface area contributed by atoms with Gasteiger partial charge in [-0.3, -0.25) is 4.57 Å². The smallest absolute Gasteiger partial charge is 0.358 e. The van der Waals surface area contributed by atoms with E-state index in [1.165, 1.54) is 6.20 Å². The van der Waals surface area contributed by atoms with E-state index in [-0.39, 0.29) is 5.82 Å². The summed E-state index contributed by atoms with van der Waals surface area (Å²) in [7, 11) is 1.56. The summed E-state index contributed by atoms with van der Waals surface area (Å²) in [6.07, 6.45) is 0.976. The van der Waals surface area contributed by atoms with Crippen LogP contribution in [-0.4, -0.2) is 21.6 Å². The number of hydrogen-bond donors (Lipinski definition) is 0. The van der Waals surface area contributed by atoms with Crippen LogP contribution >= 0.6 is 0 Å². The van der Waals surface area contributed by atoms with Crippen LogP contribution in [0.5, 0.6) is 0 Å². The molecule has 0 fully saturated rings. The number of nitrogens with zero attached hydrogens (tertiary/aromatic N) is 3. The van der Waals surface area contributed by atoms with Crippen molar-refractivity contribution in [1.82, 2.24) is 9.55 Å². The molecule has 1 heterocycles. The topological polar surface area (TPSA) is 70.2 Å². The molecule has 1 aromatic carbocycles. The van der Waals surface area contributed by atoms with E-state index in [2.05, 4.69) is 4.98 Å². The van der Waals surface area contributed by atoms with Gasteiger partial charge in [0.15, 0.2) is 6.23 Å². The van der Waals surface area contributed by atoms with Crippen molar-refractivity contribution in [3.63, 3.8) is 0 Å². The van der Waals surface area contributed by atoms with Crippen LogP contribution in [0.25, 0.3) is 0 Å². The fraction of sp³-hybridized carbons (Fsp3) is 0.250. The van der Waals surface area contributed by atoms with Crippen LogP contribution in [-0.2, 0) is 4.74 Å². The number of aromatic nitrogens is 2. The van der Waals surface area contributed by atoms with E-state index in [0.717, 1.165) is 5.56 Å². The van der Waals surface area contributed by atoms with Gasteiger partial charge in [-0.2, -0.15) is 0 Å². The number of imidazole rings is 1. The van der Waals surface area contributed by atoms with Gasteiger partial charge >= 0.3 is 5.82 Å². The van der Waals surface area contributed by atoms with Crippen molar-refractivity contribution in [3.05, 3.63) is 58.0 Å². The second-order valence-electron chi connectivity index (χ2n) is 3.81. The summed E-state index contributed by atoms with van der Waals surface area (Å²) in [6.45, 7) is 1.71. The second kappa shape index (κ2) is 4.97. The van der Waals surface area contributed by atoms with Crippen molar-refractivity contribution >= 4 is 5.82 Å². The molecule has 2 aromatic rings. The first-order chi connectivity index (χ1) is 8.63. The molecule has 0 N–H and O–H groups in total. The Morgan fingerprint density at radius 1 is 1.39 bits per heavy atom. The Bertz CT molecular complexity index is 551. The van der Waals surface area contributed by atoms with Gasteiger partial charge in [0.2, 0.25) is 5.82 Å². The highest BCUT2D eigenvalue weighted by atomic mass is 16.6. The molecule has 18 heavy (non-hydrogen) atoms. The molecule has 0 aliphatic heterocycles. The molecule has 2 rings (SSSR count). The van der Waals surface area contributed by atoms with Gasteiger partial charge in [-0.05, 0) is 9.91 Å². The summed E-state index contributed by atoms with van der Waals surface area (Å²) in [5.74, 6) is 0.364. The van der Waals surface area contributed by atoms with Gasteiger partial charge < -0.3 is 14.9 Å². The maximum absolute atomic E-state index is 10.7. The lowest BCUT2D eigenvalue weighted by molar-refractivity contribution is -0.389. The highest BCUT2D eigenvalue weighted by molar-refractivity contribution is 5.23. The molecule has 0 aliphatic carbocycles. The molecule has 0 aliphatic rings. The average molecular weight is 247 g/mol. The van der Waals surface area contributed by atoms with Crippen molar-refractivity contribution in [3.8, 4) is 0 Å². The Kier molecular flexibility index (Phi) is 3.38. The van der Waals surface area contributed by atoms with E-state index in [4.69, 9.17) is 4.74 Å². The molecule has 0 spiro atoms. The number of methoxy groups -OCH3 is 1. The Balaban J connectivity index is 2.42. The van der Waals surface area contributed by atoms with E-state index >= 15 is 0 Å². The average Bonchev–Trinajstić information content (AvgIpc) is 2.74. The summed E-state index contributed by atoms with van der Waals surface area (Å²) >= 11 is 0. The Hall–Kier alpha value is -2.21. The predicted molar refractivity (Wildman–Crippen MR) is 65.2 cm³/mol. The van der Waals surface area contributed by atoms with Crippen molar-refractivity contribution in [2.24, 2.45) is 0 Å². The standard InChI is InChI=1S/C12H13N3O3/c1-9-13-11(15(16)17)8-14(9)12(18-2)10-6-4-3-5-7-10/h3-8,12H,1-2H3. The fourth-order valence-electron chi connectivity index (χ4n) is 1.82. The summed E-state index contributed by atoms with van der Waals surface area (Å²) in [5, 5.41) is 10.7. The normalized spacial score (nSPS) is 12.3. The SMILES string of the molecule is COC(c1ccccc1)n1cc([N+](=O)[O-])nc1C. The first-order valence-electron chi connectivity index (χ1n) is 5.41. The number of ether oxygens (including phenoxy) is 1. The quantitative estimate of drug-likeness (QED) is 0.614. The molecular weight excluding hydrogens is 234 g/mol. The lowest BCUT2D eigenvalue weighted by Crippen LogP contribution is -2.13. The zero-order valence-corrected chi connectivity index (χ0v) is 10.1. The lowest BCUT2D eigenvalue weighted by Gasteiger charge is -2.16. The summed E-state index contributed by atoms with van der Waals surface area (Å²) in [6, 6.07) is 9.49. The van der Waals surface area contributed by atoms with Crippen LogP contribution < -0.4 is 0 Å².